The van der Waals surface area contributed by atoms with E-state index in [1.807, 2.05) is 50.3 Å². The largest absolute Gasteiger partial charge is 0.390 e. The highest BCUT2D eigenvalue weighted by Crippen LogP contribution is 1.99. The van der Waals surface area contributed by atoms with Crippen molar-refractivity contribution in [2.45, 2.75) is 13.8 Å². The van der Waals surface area contributed by atoms with Crippen LogP contribution in [0.4, 0.5) is 0 Å². The lowest BCUT2D eigenvalue weighted by Crippen LogP contribution is -2.02. The van der Waals surface area contributed by atoms with Crippen LogP contribution in [-0.2, 0) is 0 Å². The second kappa shape index (κ2) is 9.50. The Bertz CT molecular complexity index is 444. The van der Waals surface area contributed by atoms with Crippen LogP contribution in [0.15, 0.2) is 48.1 Å². The van der Waals surface area contributed by atoms with Gasteiger partial charge in [0.1, 0.15) is 0 Å². The summed E-state index contributed by atoms with van der Waals surface area (Å²) in [5.74, 6) is 0. The lowest BCUT2D eigenvalue weighted by atomic mass is 10.2. The molecule has 18 heavy (non-hydrogen) atoms. The summed E-state index contributed by atoms with van der Waals surface area (Å²) < 4.78 is 0. The minimum absolute atomic E-state index is 0.411. The number of benzene rings is 1. The van der Waals surface area contributed by atoms with Crippen molar-refractivity contribution in [1.29, 1.82) is 0 Å². The molecule has 1 aromatic carbocycles. The highest BCUT2D eigenvalue weighted by Gasteiger charge is 1.82. The highest BCUT2D eigenvalue weighted by molar-refractivity contribution is 7.80. The van der Waals surface area contributed by atoms with Crippen LogP contribution in [0.5, 0.6) is 0 Å². The van der Waals surface area contributed by atoms with Gasteiger partial charge in [-0.25, -0.2) is 0 Å². The van der Waals surface area contributed by atoms with Crippen molar-refractivity contribution in [3.8, 4) is 0 Å². The van der Waals surface area contributed by atoms with Crippen LogP contribution in [-0.4, -0.2) is 9.98 Å². The van der Waals surface area contributed by atoms with E-state index in [-0.39, 0.29) is 0 Å². The third-order valence-electron chi connectivity index (χ3n) is 1.67. The molecule has 2 nitrogen and oxygen atoms in total. The molecule has 0 radical (unpaired) electrons. The van der Waals surface area contributed by atoms with Crippen molar-refractivity contribution in [2.75, 3.05) is 0 Å². The van der Waals surface area contributed by atoms with E-state index in [0.29, 0.717) is 9.98 Å². The molecule has 0 aliphatic rings. The van der Waals surface area contributed by atoms with Gasteiger partial charge in [0.15, 0.2) is 0 Å². The van der Waals surface area contributed by atoms with Gasteiger partial charge in [0.05, 0.1) is 9.98 Å². The molecular formula is C14H18N2S2. The third kappa shape index (κ3) is 11.0. The molecular weight excluding hydrogens is 260 g/mol. The van der Waals surface area contributed by atoms with Gasteiger partial charge in [-0.15, -0.1) is 0 Å². The number of hydrogen-bond acceptors (Lipinski definition) is 2. The standard InChI is InChI=1S/C9H9NS.C5H9NS/c10-9(11)7-6-8-4-2-1-3-5-8;1-4(2)3-5(6)7/h1-7H,(H2,10,11);3H,1-2H3,(H2,6,7)/b7-6+;. The smallest absolute Gasteiger partial charge is 0.0962 e. The van der Waals surface area contributed by atoms with E-state index in [1.165, 1.54) is 0 Å². The predicted molar refractivity (Wildman–Crippen MR) is 88.5 cm³/mol. The first kappa shape index (κ1) is 16.5. The fourth-order valence-electron chi connectivity index (χ4n) is 1.03. The van der Waals surface area contributed by atoms with E-state index in [1.54, 1.807) is 12.2 Å². The second-order valence-corrected chi connectivity index (χ2v) is 4.71. The summed E-state index contributed by atoms with van der Waals surface area (Å²) >= 11 is 9.26. The van der Waals surface area contributed by atoms with E-state index in [4.69, 9.17) is 11.5 Å². The van der Waals surface area contributed by atoms with E-state index in [0.717, 1.165) is 11.1 Å². The Kier molecular flexibility index (Phi) is 8.70. The Morgan fingerprint density at radius 1 is 1.00 bits per heavy atom. The summed E-state index contributed by atoms with van der Waals surface area (Å²) in [6, 6.07) is 9.90. The molecule has 0 heterocycles. The van der Waals surface area contributed by atoms with E-state index in [2.05, 4.69) is 24.4 Å². The molecule has 96 valence electrons. The van der Waals surface area contributed by atoms with E-state index < -0.39 is 0 Å². The summed E-state index contributed by atoms with van der Waals surface area (Å²) in [7, 11) is 0. The van der Waals surface area contributed by atoms with Gasteiger partial charge in [-0.05, 0) is 31.6 Å². The van der Waals surface area contributed by atoms with Crippen molar-refractivity contribution >= 4 is 40.5 Å². The molecule has 0 saturated carbocycles. The van der Waals surface area contributed by atoms with Crippen LogP contribution in [0, 0.1) is 0 Å². The molecule has 4 N–H and O–H groups in total. The molecule has 0 amide bonds. The van der Waals surface area contributed by atoms with Gasteiger partial charge < -0.3 is 11.5 Å². The summed E-state index contributed by atoms with van der Waals surface area (Å²) in [6.45, 7) is 3.92. The fourth-order valence-corrected chi connectivity index (χ4v) is 1.33. The minimum atomic E-state index is 0.411. The summed E-state index contributed by atoms with van der Waals surface area (Å²) in [6.07, 6.45) is 5.36. The number of thiocarbonyl (C=S) groups is 2. The topological polar surface area (TPSA) is 52.0 Å². The van der Waals surface area contributed by atoms with Gasteiger partial charge in [-0.2, -0.15) is 0 Å². The summed E-state index contributed by atoms with van der Waals surface area (Å²) in [5.41, 5.74) is 12.7. The number of nitrogens with two attached hydrogens (primary N) is 2. The summed E-state index contributed by atoms with van der Waals surface area (Å²) in [4.78, 5) is 0.869. The number of hydrogen-bond donors (Lipinski definition) is 2. The van der Waals surface area contributed by atoms with E-state index in [9.17, 15) is 0 Å². The van der Waals surface area contributed by atoms with Gasteiger partial charge in [-0.1, -0.05) is 66.4 Å². The zero-order valence-corrected chi connectivity index (χ0v) is 12.2. The third-order valence-corrected chi connectivity index (χ3v) is 1.92. The molecule has 0 aromatic heterocycles. The van der Waals surface area contributed by atoms with Crippen molar-refractivity contribution in [1.82, 2.24) is 0 Å². The Labute approximate surface area is 119 Å². The molecule has 0 atom stereocenters. The SMILES string of the molecule is CC(C)=CC(N)=S.NC(=S)/C=C/c1ccccc1. The van der Waals surface area contributed by atoms with Crippen molar-refractivity contribution < 1.29 is 0 Å². The molecule has 1 aromatic rings. The molecule has 0 bridgehead atoms. The average molecular weight is 278 g/mol. The lowest BCUT2D eigenvalue weighted by Gasteiger charge is -1.89. The first-order chi connectivity index (χ1) is 8.41. The lowest BCUT2D eigenvalue weighted by molar-refractivity contribution is 1.40. The molecule has 0 spiro atoms. The fraction of sp³-hybridized carbons (Fsp3) is 0.143. The molecule has 4 heteroatoms. The predicted octanol–water partition coefficient (Wildman–Crippen LogP) is 3.22. The van der Waals surface area contributed by atoms with Crippen LogP contribution in [0.1, 0.15) is 19.4 Å². The van der Waals surface area contributed by atoms with Crippen LogP contribution in [0.25, 0.3) is 6.08 Å². The quantitative estimate of drug-likeness (QED) is 0.658. The van der Waals surface area contributed by atoms with Gasteiger partial charge in [-0.3, -0.25) is 0 Å². The van der Waals surface area contributed by atoms with Crippen LogP contribution >= 0.6 is 24.4 Å². The highest BCUT2D eigenvalue weighted by atomic mass is 32.1. The maximum absolute atomic E-state index is 5.28. The van der Waals surface area contributed by atoms with Gasteiger partial charge in [0.25, 0.3) is 0 Å². The van der Waals surface area contributed by atoms with Gasteiger partial charge >= 0.3 is 0 Å². The van der Waals surface area contributed by atoms with Gasteiger partial charge in [0.2, 0.25) is 0 Å². The van der Waals surface area contributed by atoms with E-state index >= 15 is 0 Å². The van der Waals surface area contributed by atoms with Gasteiger partial charge in [0, 0.05) is 0 Å². The average Bonchev–Trinajstić information content (AvgIpc) is 2.26. The molecule has 0 fully saturated rings. The molecule has 0 aliphatic carbocycles. The molecule has 0 unspecified atom stereocenters. The minimum Gasteiger partial charge on any atom is -0.390 e. The molecule has 0 saturated heterocycles. The maximum atomic E-state index is 5.28. The molecule has 1 rings (SSSR count). The Morgan fingerprint density at radius 2 is 1.56 bits per heavy atom. The summed E-state index contributed by atoms with van der Waals surface area (Å²) in [5, 5.41) is 0. The Balaban J connectivity index is 0.000000360. The monoisotopic (exact) mass is 278 g/mol. The van der Waals surface area contributed by atoms with Crippen LogP contribution < -0.4 is 11.5 Å². The zero-order valence-electron chi connectivity index (χ0n) is 10.6. The maximum Gasteiger partial charge on any atom is 0.0962 e. The van der Waals surface area contributed by atoms with Crippen molar-refractivity contribution in [2.24, 2.45) is 11.5 Å². The zero-order chi connectivity index (χ0) is 14.0. The number of allylic oxidation sites excluding steroid dienone is 1. The molecule has 0 aliphatic heterocycles. The van der Waals surface area contributed by atoms with Crippen LogP contribution in [0.3, 0.4) is 0 Å². The normalized spacial score (nSPS) is 9.22. The number of rotatable bonds is 3. The Hall–Kier alpha value is -1.52. The second-order valence-electron chi connectivity index (χ2n) is 3.77. The first-order valence-electron chi connectivity index (χ1n) is 5.38. The van der Waals surface area contributed by atoms with Crippen LogP contribution in [0.2, 0.25) is 0 Å². The first-order valence-corrected chi connectivity index (χ1v) is 6.20. The Morgan fingerprint density at radius 3 is 1.89 bits per heavy atom. The van der Waals surface area contributed by atoms with Crippen molar-refractivity contribution in [3.05, 3.63) is 53.6 Å². The van der Waals surface area contributed by atoms with Crippen molar-refractivity contribution in [3.63, 3.8) is 0 Å².